The van der Waals surface area contributed by atoms with Crippen LogP contribution < -0.4 is 5.32 Å². The maximum atomic E-state index is 10.7. The Morgan fingerprint density at radius 2 is 2.64 bits per heavy atom. The highest BCUT2D eigenvalue weighted by atomic mass is 32.2. The molecule has 1 fully saturated rings. The molecule has 2 rings (SSSR count). The summed E-state index contributed by atoms with van der Waals surface area (Å²) in [5.74, 6) is -0.187. The summed E-state index contributed by atoms with van der Waals surface area (Å²) in [6.07, 6.45) is 3.47. The lowest BCUT2D eigenvalue weighted by Gasteiger charge is -2.10. The Hall–Kier alpha value is -1.01. The van der Waals surface area contributed by atoms with Gasteiger partial charge >= 0.3 is 5.97 Å². The number of nitrogens with one attached hydrogen (secondary N) is 1. The lowest BCUT2D eigenvalue weighted by molar-refractivity contribution is -0.138. The van der Waals surface area contributed by atoms with E-state index in [2.05, 4.69) is 10.3 Å². The first-order valence-electron chi connectivity index (χ1n) is 4.25. The summed E-state index contributed by atoms with van der Waals surface area (Å²) in [5.41, 5.74) is 1.01. The van der Waals surface area contributed by atoms with E-state index < -0.39 is 12.0 Å². The Labute approximate surface area is 85.5 Å². The van der Waals surface area contributed by atoms with Crippen LogP contribution in [0.2, 0.25) is 0 Å². The molecule has 0 bridgehead atoms. The lowest BCUT2D eigenvalue weighted by Crippen LogP contribution is -2.34. The van der Waals surface area contributed by atoms with Crippen molar-refractivity contribution in [3.8, 4) is 0 Å². The van der Waals surface area contributed by atoms with Crippen molar-refractivity contribution in [2.45, 2.75) is 11.4 Å². The van der Waals surface area contributed by atoms with Crippen LogP contribution in [0.3, 0.4) is 0 Å². The van der Waals surface area contributed by atoms with Gasteiger partial charge in [0.25, 0.3) is 0 Å². The zero-order valence-corrected chi connectivity index (χ0v) is 8.49. The molecule has 0 saturated carbocycles. The fraction of sp³-hybridized carbons (Fsp3) is 0.500. The SMILES string of the molecule is Cn1cncc1C1N[C@@H](C(=O)O)CS1. The second-order valence-corrected chi connectivity index (χ2v) is 4.34. The summed E-state index contributed by atoms with van der Waals surface area (Å²) in [4.78, 5) is 14.7. The van der Waals surface area contributed by atoms with Crippen molar-refractivity contribution in [3.05, 3.63) is 18.2 Å². The molecule has 0 aliphatic carbocycles. The summed E-state index contributed by atoms with van der Waals surface area (Å²) in [7, 11) is 1.90. The van der Waals surface area contributed by atoms with E-state index in [0.717, 1.165) is 5.69 Å². The predicted molar refractivity (Wildman–Crippen MR) is 53.0 cm³/mol. The van der Waals surface area contributed by atoms with Crippen LogP contribution in [0.4, 0.5) is 0 Å². The van der Waals surface area contributed by atoms with Crippen LogP contribution in [0, 0.1) is 0 Å². The number of hydrogen-bond donors (Lipinski definition) is 2. The van der Waals surface area contributed by atoms with Crippen LogP contribution in [0.5, 0.6) is 0 Å². The molecule has 0 spiro atoms. The van der Waals surface area contributed by atoms with Crippen molar-refractivity contribution in [1.82, 2.24) is 14.9 Å². The zero-order valence-electron chi connectivity index (χ0n) is 7.67. The molecule has 6 heteroatoms. The fourth-order valence-corrected chi connectivity index (χ4v) is 2.69. The first kappa shape index (κ1) is 9.54. The number of rotatable bonds is 2. The minimum absolute atomic E-state index is 0.0450. The number of aryl methyl sites for hydroxylation is 1. The summed E-state index contributed by atoms with van der Waals surface area (Å²) < 4.78 is 1.90. The molecule has 1 aromatic rings. The number of carboxylic acids is 1. The van der Waals surface area contributed by atoms with Crippen molar-refractivity contribution >= 4 is 17.7 Å². The maximum Gasteiger partial charge on any atom is 0.321 e. The van der Waals surface area contributed by atoms with E-state index in [1.165, 1.54) is 0 Å². The van der Waals surface area contributed by atoms with Gasteiger partial charge in [0.15, 0.2) is 0 Å². The Bertz CT molecular complexity index is 352. The summed E-state index contributed by atoms with van der Waals surface area (Å²) in [5, 5.41) is 11.9. The molecule has 2 heterocycles. The number of hydrogen-bond acceptors (Lipinski definition) is 4. The minimum Gasteiger partial charge on any atom is -0.480 e. The van der Waals surface area contributed by atoms with E-state index in [0.29, 0.717) is 5.75 Å². The van der Waals surface area contributed by atoms with Crippen LogP contribution in [0.25, 0.3) is 0 Å². The highest BCUT2D eigenvalue weighted by Crippen LogP contribution is 2.32. The molecule has 1 aromatic heterocycles. The first-order chi connectivity index (χ1) is 6.68. The molecule has 0 radical (unpaired) electrons. The molecule has 14 heavy (non-hydrogen) atoms. The minimum atomic E-state index is -0.790. The van der Waals surface area contributed by atoms with E-state index in [9.17, 15) is 4.79 Å². The molecule has 1 aliphatic rings. The Morgan fingerprint density at radius 1 is 1.86 bits per heavy atom. The summed E-state index contributed by atoms with van der Waals surface area (Å²) >= 11 is 1.60. The second-order valence-electron chi connectivity index (χ2n) is 3.20. The molecule has 2 atom stereocenters. The third kappa shape index (κ3) is 1.62. The van der Waals surface area contributed by atoms with E-state index in [-0.39, 0.29) is 5.37 Å². The number of nitrogens with zero attached hydrogens (tertiary/aromatic N) is 2. The van der Waals surface area contributed by atoms with Crippen LogP contribution in [-0.4, -0.2) is 32.4 Å². The Kier molecular flexibility index (Phi) is 2.47. The van der Waals surface area contributed by atoms with Gasteiger partial charge in [0.1, 0.15) is 6.04 Å². The molecule has 1 unspecified atom stereocenters. The molecule has 0 aromatic carbocycles. The predicted octanol–water partition coefficient (Wildman–Crippen LogP) is 0.208. The molecule has 2 N–H and O–H groups in total. The van der Waals surface area contributed by atoms with Crippen molar-refractivity contribution in [1.29, 1.82) is 0 Å². The van der Waals surface area contributed by atoms with Gasteiger partial charge in [-0.1, -0.05) is 0 Å². The lowest BCUT2D eigenvalue weighted by atomic mass is 10.3. The maximum absolute atomic E-state index is 10.7. The number of aliphatic carboxylic acids is 1. The third-order valence-electron chi connectivity index (χ3n) is 2.20. The van der Waals surface area contributed by atoms with Crippen molar-refractivity contribution in [2.24, 2.45) is 7.05 Å². The van der Waals surface area contributed by atoms with E-state index in [4.69, 9.17) is 5.11 Å². The molecule has 1 saturated heterocycles. The van der Waals surface area contributed by atoms with Crippen LogP contribution >= 0.6 is 11.8 Å². The molecule has 5 nitrogen and oxygen atoms in total. The van der Waals surface area contributed by atoms with Crippen molar-refractivity contribution in [2.75, 3.05) is 5.75 Å². The van der Waals surface area contributed by atoms with Gasteiger partial charge in [-0.25, -0.2) is 4.98 Å². The normalized spacial score (nSPS) is 26.6. The third-order valence-corrected chi connectivity index (χ3v) is 3.44. The van der Waals surface area contributed by atoms with Crippen LogP contribution in [-0.2, 0) is 11.8 Å². The highest BCUT2D eigenvalue weighted by molar-refractivity contribution is 7.99. The number of thioether (sulfide) groups is 1. The average Bonchev–Trinajstić information content (AvgIpc) is 2.71. The van der Waals surface area contributed by atoms with Gasteiger partial charge in [-0.3, -0.25) is 10.1 Å². The number of aromatic nitrogens is 2. The zero-order chi connectivity index (χ0) is 10.1. The smallest absolute Gasteiger partial charge is 0.321 e. The quantitative estimate of drug-likeness (QED) is 0.735. The van der Waals surface area contributed by atoms with E-state index >= 15 is 0 Å². The second kappa shape index (κ2) is 3.62. The number of carboxylic acid groups (broad SMARTS) is 1. The van der Waals surface area contributed by atoms with Gasteiger partial charge in [0.05, 0.1) is 23.6 Å². The van der Waals surface area contributed by atoms with Gasteiger partial charge in [0, 0.05) is 12.8 Å². The highest BCUT2D eigenvalue weighted by Gasteiger charge is 2.31. The van der Waals surface area contributed by atoms with Crippen molar-refractivity contribution < 1.29 is 9.90 Å². The van der Waals surface area contributed by atoms with Gasteiger partial charge in [-0.15, -0.1) is 11.8 Å². The Balaban J connectivity index is 2.10. The molecule has 0 amide bonds. The van der Waals surface area contributed by atoms with E-state index in [1.807, 2.05) is 11.6 Å². The molecule has 1 aliphatic heterocycles. The van der Waals surface area contributed by atoms with Gasteiger partial charge in [-0.05, 0) is 0 Å². The molecular weight excluding hydrogens is 202 g/mol. The van der Waals surface area contributed by atoms with Gasteiger partial charge in [-0.2, -0.15) is 0 Å². The number of imidazole rings is 1. The summed E-state index contributed by atoms with van der Waals surface area (Å²) in [6.45, 7) is 0. The fourth-order valence-electron chi connectivity index (χ4n) is 1.40. The van der Waals surface area contributed by atoms with Crippen molar-refractivity contribution in [3.63, 3.8) is 0 Å². The molecule has 76 valence electrons. The van der Waals surface area contributed by atoms with Crippen LogP contribution in [0.1, 0.15) is 11.1 Å². The number of carbonyl (C=O) groups is 1. The standard InChI is InChI=1S/C8H11N3O2S/c1-11-4-9-2-6(11)7-10-5(3-14-7)8(12)13/h2,4-5,7,10H,3H2,1H3,(H,12,13)/t5-,7?/m1/s1. The van der Waals surface area contributed by atoms with Gasteiger partial charge in [0.2, 0.25) is 0 Å². The van der Waals surface area contributed by atoms with Gasteiger partial charge < -0.3 is 9.67 Å². The topological polar surface area (TPSA) is 67.2 Å². The summed E-state index contributed by atoms with van der Waals surface area (Å²) in [6, 6.07) is -0.445. The van der Waals surface area contributed by atoms with Crippen LogP contribution in [0.15, 0.2) is 12.5 Å². The first-order valence-corrected chi connectivity index (χ1v) is 5.30. The largest absolute Gasteiger partial charge is 0.480 e. The molecular formula is C8H11N3O2S. The Morgan fingerprint density at radius 3 is 3.14 bits per heavy atom. The van der Waals surface area contributed by atoms with E-state index in [1.54, 1.807) is 24.3 Å². The monoisotopic (exact) mass is 213 g/mol. The average molecular weight is 213 g/mol.